The van der Waals surface area contributed by atoms with Crippen molar-refractivity contribution in [2.75, 3.05) is 24.5 Å². The van der Waals surface area contributed by atoms with E-state index in [-0.39, 0.29) is 6.10 Å². The van der Waals surface area contributed by atoms with Gasteiger partial charge in [0, 0.05) is 86.3 Å². The summed E-state index contributed by atoms with van der Waals surface area (Å²) >= 11 is 1.89. The Kier molecular flexibility index (Phi) is 7.97. The molecule has 1 fully saturated rings. The van der Waals surface area contributed by atoms with E-state index in [0.717, 1.165) is 44.0 Å². The van der Waals surface area contributed by atoms with Crippen LogP contribution >= 0.6 is 11.9 Å². The van der Waals surface area contributed by atoms with Gasteiger partial charge in [0.15, 0.2) is 0 Å². The lowest BCUT2D eigenvalue weighted by Gasteiger charge is -2.27. The molecule has 0 bridgehead atoms. The molecule has 1 saturated heterocycles. The zero-order chi connectivity index (χ0) is 24.1. The summed E-state index contributed by atoms with van der Waals surface area (Å²) in [6.45, 7) is 9.50. The van der Waals surface area contributed by atoms with E-state index in [4.69, 9.17) is 0 Å². The van der Waals surface area contributed by atoms with E-state index in [0.29, 0.717) is 19.5 Å². The SMILES string of the molecule is Cc1cc(SN2CCn3cccc3C2)c(C)n1C.O=CNCc1cccnc1N1CCC(O)C1. The third kappa shape index (κ3) is 5.65. The molecule has 1 amide bonds. The van der Waals surface area contributed by atoms with Crippen LogP contribution in [-0.4, -0.2) is 55.7 Å². The second kappa shape index (κ2) is 11.1. The van der Waals surface area contributed by atoms with E-state index in [9.17, 15) is 9.90 Å². The normalized spacial score (nSPS) is 17.8. The minimum Gasteiger partial charge on any atom is -0.391 e. The van der Waals surface area contributed by atoms with Crippen molar-refractivity contribution in [1.82, 2.24) is 23.7 Å². The summed E-state index contributed by atoms with van der Waals surface area (Å²) in [4.78, 5) is 18.0. The molecule has 0 spiro atoms. The van der Waals surface area contributed by atoms with Gasteiger partial charge in [0.2, 0.25) is 6.41 Å². The number of nitrogens with zero attached hydrogens (tertiary/aromatic N) is 5. The summed E-state index contributed by atoms with van der Waals surface area (Å²) in [6, 6.07) is 10.4. The lowest BCUT2D eigenvalue weighted by molar-refractivity contribution is -0.109. The zero-order valence-electron chi connectivity index (χ0n) is 20.1. The monoisotopic (exact) mass is 482 g/mol. The largest absolute Gasteiger partial charge is 0.391 e. The zero-order valence-corrected chi connectivity index (χ0v) is 21.0. The summed E-state index contributed by atoms with van der Waals surface area (Å²) in [7, 11) is 2.14. The maximum absolute atomic E-state index is 10.3. The van der Waals surface area contributed by atoms with Crippen LogP contribution in [0.5, 0.6) is 0 Å². The van der Waals surface area contributed by atoms with Crippen LogP contribution in [0.25, 0.3) is 0 Å². The van der Waals surface area contributed by atoms with Crippen molar-refractivity contribution in [2.45, 2.75) is 50.9 Å². The summed E-state index contributed by atoms with van der Waals surface area (Å²) in [5.74, 6) is 0.855. The number of aliphatic hydroxyl groups is 1. The smallest absolute Gasteiger partial charge is 0.207 e. The highest BCUT2D eigenvalue weighted by Gasteiger charge is 2.23. The molecule has 5 rings (SSSR count). The topological polar surface area (TPSA) is 78.6 Å². The summed E-state index contributed by atoms with van der Waals surface area (Å²) in [5.41, 5.74) is 5.08. The average molecular weight is 483 g/mol. The Hall–Kier alpha value is -2.75. The number of aliphatic hydroxyl groups excluding tert-OH is 1. The number of aryl methyl sites for hydroxylation is 1. The number of amides is 1. The van der Waals surface area contributed by atoms with Crippen LogP contribution in [-0.2, 0) is 31.5 Å². The van der Waals surface area contributed by atoms with Crippen LogP contribution in [0.2, 0.25) is 0 Å². The number of aromatic nitrogens is 3. The van der Waals surface area contributed by atoms with Gasteiger partial charge in [0.05, 0.1) is 6.10 Å². The minimum absolute atomic E-state index is 0.270. The van der Waals surface area contributed by atoms with Gasteiger partial charge in [-0.3, -0.25) is 4.79 Å². The third-order valence-corrected chi connectivity index (χ3v) is 7.69. The molecule has 2 N–H and O–H groups in total. The van der Waals surface area contributed by atoms with Gasteiger partial charge in [-0.05, 0) is 56.5 Å². The van der Waals surface area contributed by atoms with Crippen molar-refractivity contribution in [2.24, 2.45) is 7.05 Å². The number of carbonyl (C=O) groups is 1. The van der Waals surface area contributed by atoms with Crippen LogP contribution in [0.15, 0.2) is 47.6 Å². The molecular weight excluding hydrogens is 448 g/mol. The highest BCUT2D eigenvalue weighted by atomic mass is 32.2. The van der Waals surface area contributed by atoms with Crippen LogP contribution in [0, 0.1) is 13.8 Å². The van der Waals surface area contributed by atoms with Gasteiger partial charge in [0.25, 0.3) is 0 Å². The van der Waals surface area contributed by atoms with E-state index in [1.807, 2.05) is 29.0 Å². The summed E-state index contributed by atoms with van der Waals surface area (Å²) in [6.07, 6.45) is 5.08. The molecule has 3 aromatic heterocycles. The fourth-order valence-corrected chi connectivity index (χ4v) is 5.50. The fraction of sp³-hybridized carbons (Fsp3) is 0.440. The van der Waals surface area contributed by atoms with Crippen molar-refractivity contribution in [3.63, 3.8) is 0 Å². The molecule has 5 heterocycles. The van der Waals surface area contributed by atoms with E-state index < -0.39 is 0 Å². The van der Waals surface area contributed by atoms with Gasteiger partial charge in [-0.15, -0.1) is 0 Å². The molecule has 0 aliphatic carbocycles. The predicted molar refractivity (Wildman–Crippen MR) is 136 cm³/mol. The van der Waals surface area contributed by atoms with Crippen LogP contribution in [0.4, 0.5) is 5.82 Å². The second-order valence-electron chi connectivity index (χ2n) is 8.82. The number of nitrogens with one attached hydrogen (secondary N) is 1. The highest BCUT2D eigenvalue weighted by molar-refractivity contribution is 7.97. The molecule has 182 valence electrons. The summed E-state index contributed by atoms with van der Waals surface area (Å²) < 4.78 is 7.06. The van der Waals surface area contributed by atoms with Crippen molar-refractivity contribution >= 4 is 24.2 Å². The number of carbonyl (C=O) groups excluding carboxylic acids is 1. The molecule has 0 aromatic carbocycles. The first kappa shape index (κ1) is 24.4. The van der Waals surface area contributed by atoms with E-state index >= 15 is 0 Å². The Balaban J connectivity index is 0.000000162. The molecule has 0 saturated carbocycles. The van der Waals surface area contributed by atoms with Crippen molar-refractivity contribution < 1.29 is 9.90 Å². The van der Waals surface area contributed by atoms with Crippen LogP contribution < -0.4 is 10.2 Å². The number of rotatable bonds is 6. The molecule has 9 heteroatoms. The molecule has 0 radical (unpaired) electrons. The quantitative estimate of drug-likeness (QED) is 0.416. The van der Waals surface area contributed by atoms with Gasteiger partial charge in [-0.2, -0.15) is 0 Å². The van der Waals surface area contributed by atoms with Gasteiger partial charge in [-0.1, -0.05) is 6.07 Å². The molecule has 2 aliphatic rings. The standard InChI is InChI=1S/C14H19N3S.C11H15N3O2/c1-11-9-14(12(2)15(11)3)18-17-8-7-16-6-4-5-13(16)10-17;15-8-12-6-9-2-1-4-13-11(9)14-5-3-10(16)7-14/h4-6,9H,7-8,10H2,1-3H3;1-2,4,8,10,16H,3,5-7H2,(H,12,15). The number of fused-ring (bicyclic) bond motifs is 1. The van der Waals surface area contributed by atoms with E-state index in [1.165, 1.54) is 22.0 Å². The Labute approximate surface area is 205 Å². The highest BCUT2D eigenvalue weighted by Crippen LogP contribution is 2.31. The lowest BCUT2D eigenvalue weighted by atomic mass is 10.2. The Bertz CT molecular complexity index is 1110. The second-order valence-corrected chi connectivity index (χ2v) is 9.95. The number of anilines is 1. The number of β-amino-alcohol motifs (C(OH)–C–C–N with tert-alkyl or cyclic N) is 1. The molecule has 8 nitrogen and oxygen atoms in total. The Morgan fingerprint density at radius 3 is 2.79 bits per heavy atom. The maximum Gasteiger partial charge on any atom is 0.207 e. The predicted octanol–water partition coefficient (Wildman–Crippen LogP) is 2.86. The van der Waals surface area contributed by atoms with Crippen LogP contribution in [0.1, 0.15) is 29.1 Å². The number of hydrogen-bond donors (Lipinski definition) is 2. The van der Waals surface area contributed by atoms with Gasteiger partial charge in [0.1, 0.15) is 5.82 Å². The number of pyridine rings is 1. The van der Waals surface area contributed by atoms with E-state index in [2.05, 4.69) is 69.0 Å². The first-order chi connectivity index (χ1) is 16.5. The van der Waals surface area contributed by atoms with Gasteiger partial charge >= 0.3 is 0 Å². The lowest BCUT2D eigenvalue weighted by Crippen LogP contribution is -2.27. The number of hydrogen-bond acceptors (Lipinski definition) is 6. The molecule has 3 aromatic rings. The van der Waals surface area contributed by atoms with E-state index in [1.54, 1.807) is 6.20 Å². The molecule has 34 heavy (non-hydrogen) atoms. The van der Waals surface area contributed by atoms with Gasteiger partial charge < -0.3 is 24.5 Å². The Morgan fingerprint density at radius 1 is 1.24 bits per heavy atom. The van der Waals surface area contributed by atoms with Crippen molar-refractivity contribution in [3.8, 4) is 0 Å². The Morgan fingerprint density at radius 2 is 2.09 bits per heavy atom. The van der Waals surface area contributed by atoms with Gasteiger partial charge in [-0.25, -0.2) is 9.29 Å². The third-order valence-electron chi connectivity index (χ3n) is 6.51. The van der Waals surface area contributed by atoms with Crippen LogP contribution in [0.3, 0.4) is 0 Å². The van der Waals surface area contributed by atoms with Crippen molar-refractivity contribution in [3.05, 3.63) is 65.4 Å². The fourth-order valence-electron chi connectivity index (χ4n) is 4.36. The molecule has 1 atom stereocenters. The average Bonchev–Trinajstić information content (AvgIpc) is 3.55. The maximum atomic E-state index is 10.3. The molecule has 2 aliphatic heterocycles. The molecular formula is C25H34N6O2S. The summed E-state index contributed by atoms with van der Waals surface area (Å²) in [5, 5.41) is 12.1. The molecule has 1 unspecified atom stereocenters. The van der Waals surface area contributed by atoms with Crippen molar-refractivity contribution in [1.29, 1.82) is 0 Å². The minimum atomic E-state index is -0.270. The first-order valence-electron chi connectivity index (χ1n) is 11.7. The first-order valence-corrected chi connectivity index (χ1v) is 12.5.